The summed E-state index contributed by atoms with van der Waals surface area (Å²) in [5.74, 6) is -0.370. The van der Waals surface area contributed by atoms with Crippen molar-refractivity contribution in [2.45, 2.75) is 64.2 Å². The molecule has 0 atom stereocenters. The van der Waals surface area contributed by atoms with Gasteiger partial charge in [0.25, 0.3) is 0 Å². The third kappa shape index (κ3) is 7.67. The van der Waals surface area contributed by atoms with E-state index in [0.29, 0.717) is 19.6 Å². The Hall–Kier alpha value is -0.610. The normalized spacial score (nSPS) is 22.9. The number of carbonyl (C=O) groups excluding carboxylic acids is 1. The van der Waals surface area contributed by atoms with Gasteiger partial charge in [0.2, 0.25) is 0 Å². The summed E-state index contributed by atoms with van der Waals surface area (Å²) < 4.78 is 6.71. The summed E-state index contributed by atoms with van der Waals surface area (Å²) in [6, 6.07) is 0. The number of rotatable bonds is 0. The highest BCUT2D eigenvalue weighted by Gasteiger charge is 2.14. The molecule has 0 aromatic carbocycles. The Balaban J connectivity index is 2.22. The molecule has 0 amide bonds. The molecule has 0 N–H and O–H groups in total. The molecular weight excluding hydrogens is 232 g/mol. The van der Waals surface area contributed by atoms with Gasteiger partial charge in [-0.3, -0.25) is 0 Å². The van der Waals surface area contributed by atoms with Gasteiger partial charge in [0.05, 0.1) is 0 Å². The standard InChI is InChI=1S/C14H26O4/c15-14-10-8-6-4-2-1-3-5-7-9-11-17-12-13-18(14)16/h1-13H2. The second-order valence-corrected chi connectivity index (χ2v) is 4.97. The third-order valence-electron chi connectivity index (χ3n) is 3.34. The van der Waals surface area contributed by atoms with Gasteiger partial charge in [0.1, 0.15) is 19.6 Å². The Labute approximate surface area is 110 Å². The minimum absolute atomic E-state index is 0.0961. The topological polar surface area (TPSA) is 52.1 Å². The Morgan fingerprint density at radius 1 is 0.833 bits per heavy atom. The molecule has 106 valence electrons. The molecule has 1 aliphatic rings. The fourth-order valence-corrected chi connectivity index (χ4v) is 2.18. The molecule has 1 heterocycles. The Kier molecular flexibility index (Phi) is 8.86. The maximum atomic E-state index is 11.4. The molecule has 0 saturated carbocycles. The highest BCUT2D eigenvalue weighted by molar-refractivity contribution is 5.70. The molecule has 4 heteroatoms. The molecule has 0 aromatic heterocycles. The van der Waals surface area contributed by atoms with E-state index in [0.717, 1.165) is 19.3 Å². The fraction of sp³-hybridized carbons (Fsp3) is 0.929. The van der Waals surface area contributed by atoms with Crippen LogP contribution in [0.4, 0.5) is 0 Å². The zero-order valence-electron chi connectivity index (χ0n) is 11.3. The molecule has 1 aliphatic heterocycles. The predicted molar refractivity (Wildman–Crippen MR) is 67.9 cm³/mol. The first-order valence-electron chi connectivity index (χ1n) is 7.29. The molecular formula is C14H26O4. The average Bonchev–Trinajstić information content (AvgIpc) is 2.37. The summed E-state index contributed by atoms with van der Waals surface area (Å²) >= 11 is 0. The van der Waals surface area contributed by atoms with Crippen LogP contribution in [-0.2, 0) is 14.0 Å². The highest BCUT2D eigenvalue weighted by Crippen LogP contribution is 2.11. The molecule has 1 fully saturated rings. The van der Waals surface area contributed by atoms with E-state index in [2.05, 4.69) is 0 Å². The van der Waals surface area contributed by atoms with Crippen LogP contribution in [0.1, 0.15) is 64.2 Å². The van der Waals surface area contributed by atoms with E-state index in [1.54, 1.807) is 0 Å². The van der Waals surface area contributed by atoms with Crippen molar-refractivity contribution < 1.29 is 19.3 Å². The zero-order valence-corrected chi connectivity index (χ0v) is 11.3. The Morgan fingerprint density at radius 3 is 2.06 bits per heavy atom. The molecule has 1 rings (SSSR count). The molecule has 4 nitrogen and oxygen atoms in total. The second-order valence-electron chi connectivity index (χ2n) is 4.97. The monoisotopic (exact) mass is 258 g/mol. The van der Waals surface area contributed by atoms with E-state index in [4.69, 9.17) is 4.74 Å². The fourth-order valence-electron chi connectivity index (χ4n) is 2.18. The molecule has 0 spiro atoms. The van der Waals surface area contributed by atoms with Gasteiger partial charge in [0, 0.05) is 11.4 Å². The van der Waals surface area contributed by atoms with E-state index in [-0.39, 0.29) is 12.6 Å². The van der Waals surface area contributed by atoms with Crippen LogP contribution in [-0.4, -0.2) is 25.8 Å². The summed E-state index contributed by atoms with van der Waals surface area (Å²) in [5.41, 5.74) is 0. The molecule has 0 aliphatic carbocycles. The lowest BCUT2D eigenvalue weighted by atomic mass is 10.1. The SMILES string of the molecule is O=C1CCCCCCCCCCCOCC[O+]1[O-]. The van der Waals surface area contributed by atoms with Crippen LogP contribution in [0.25, 0.3) is 0 Å². The number of ether oxygens (including phenoxy) is 1. The molecule has 0 unspecified atom stereocenters. The first-order chi connectivity index (χ1) is 8.80. The molecule has 0 bridgehead atoms. The van der Waals surface area contributed by atoms with Crippen LogP contribution in [0.3, 0.4) is 0 Å². The lowest BCUT2D eigenvalue weighted by Crippen LogP contribution is -2.35. The van der Waals surface area contributed by atoms with Gasteiger partial charge in [-0.1, -0.05) is 44.9 Å². The van der Waals surface area contributed by atoms with Crippen LogP contribution >= 0.6 is 0 Å². The maximum Gasteiger partial charge on any atom is 0.520 e. The van der Waals surface area contributed by atoms with Crippen molar-refractivity contribution in [1.29, 1.82) is 0 Å². The molecule has 0 radical (unpaired) electrons. The average molecular weight is 258 g/mol. The summed E-state index contributed by atoms with van der Waals surface area (Å²) in [5, 5.41) is 11.3. The summed E-state index contributed by atoms with van der Waals surface area (Å²) in [7, 11) is 0. The largest absolute Gasteiger partial charge is 0.594 e. The van der Waals surface area contributed by atoms with Gasteiger partial charge in [-0.05, 0) is 12.8 Å². The van der Waals surface area contributed by atoms with Gasteiger partial charge in [-0.15, -0.1) is 0 Å². The lowest BCUT2D eigenvalue weighted by molar-refractivity contribution is -0.758. The number of hydrogen-bond donors (Lipinski definition) is 0. The van der Waals surface area contributed by atoms with Crippen molar-refractivity contribution in [3.05, 3.63) is 0 Å². The van der Waals surface area contributed by atoms with Gasteiger partial charge in [-0.2, -0.15) is 0 Å². The van der Waals surface area contributed by atoms with Crippen LogP contribution in [0.15, 0.2) is 0 Å². The molecule has 1 saturated heterocycles. The third-order valence-corrected chi connectivity index (χ3v) is 3.34. The van der Waals surface area contributed by atoms with E-state index in [1.165, 1.54) is 43.0 Å². The van der Waals surface area contributed by atoms with Crippen molar-refractivity contribution >= 4 is 5.97 Å². The van der Waals surface area contributed by atoms with Crippen molar-refractivity contribution in [2.24, 2.45) is 0 Å². The van der Waals surface area contributed by atoms with E-state index in [9.17, 15) is 10.1 Å². The van der Waals surface area contributed by atoms with E-state index in [1.807, 2.05) is 0 Å². The van der Waals surface area contributed by atoms with E-state index >= 15 is 0 Å². The summed E-state index contributed by atoms with van der Waals surface area (Å²) in [4.78, 5) is 11.4. The smallest absolute Gasteiger partial charge is 0.520 e. The highest BCUT2D eigenvalue weighted by atomic mass is 17.2. The predicted octanol–water partition coefficient (Wildman–Crippen LogP) is 2.27. The number of carbonyl (C=O) groups is 1. The van der Waals surface area contributed by atoms with Crippen molar-refractivity contribution in [3.63, 3.8) is 0 Å². The first-order valence-corrected chi connectivity index (χ1v) is 7.29. The van der Waals surface area contributed by atoms with Crippen molar-refractivity contribution in [2.75, 3.05) is 19.8 Å². The van der Waals surface area contributed by atoms with Crippen molar-refractivity contribution in [1.82, 2.24) is 0 Å². The quantitative estimate of drug-likeness (QED) is 0.380. The van der Waals surface area contributed by atoms with Crippen LogP contribution < -0.4 is 5.26 Å². The van der Waals surface area contributed by atoms with Gasteiger partial charge >= 0.3 is 5.97 Å². The second kappa shape index (κ2) is 10.3. The molecule has 0 aromatic rings. The molecule has 18 heavy (non-hydrogen) atoms. The van der Waals surface area contributed by atoms with Crippen molar-refractivity contribution in [3.8, 4) is 0 Å². The Morgan fingerprint density at radius 2 is 1.39 bits per heavy atom. The zero-order chi connectivity index (χ0) is 13.1. The lowest BCUT2D eigenvalue weighted by Gasteiger charge is -2.25. The van der Waals surface area contributed by atoms with Gasteiger partial charge < -0.3 is 14.5 Å². The van der Waals surface area contributed by atoms with Gasteiger partial charge in [0.15, 0.2) is 0 Å². The minimum Gasteiger partial charge on any atom is -0.594 e. The maximum absolute atomic E-state index is 11.4. The van der Waals surface area contributed by atoms with Gasteiger partial charge in [-0.25, -0.2) is 0 Å². The number of cyclic esters (lactones) is 1. The van der Waals surface area contributed by atoms with Crippen LogP contribution in [0, 0.1) is 0 Å². The van der Waals surface area contributed by atoms with Crippen LogP contribution in [0.2, 0.25) is 0 Å². The Bertz CT molecular complexity index is 218. The van der Waals surface area contributed by atoms with Crippen LogP contribution in [0.5, 0.6) is 0 Å². The minimum atomic E-state index is -0.370. The first kappa shape index (κ1) is 15.4. The number of hydrogen-bond acceptors (Lipinski definition) is 3. The van der Waals surface area contributed by atoms with E-state index < -0.39 is 0 Å². The summed E-state index contributed by atoms with van der Waals surface area (Å²) in [6.07, 6.45) is 10.8. The summed E-state index contributed by atoms with van der Waals surface area (Å²) in [6.45, 7) is 1.13.